The van der Waals surface area contributed by atoms with Crippen molar-refractivity contribution >= 4 is 17.1 Å². The zero-order valence-electron chi connectivity index (χ0n) is 9.80. The quantitative estimate of drug-likeness (QED) is 0.715. The van der Waals surface area contributed by atoms with Gasteiger partial charge in [-0.05, 0) is 17.7 Å². The second-order valence-electron chi connectivity index (χ2n) is 4.12. The Morgan fingerprint density at radius 1 is 1.32 bits per heavy atom. The Hall–Kier alpha value is -2.70. The van der Waals surface area contributed by atoms with E-state index in [4.69, 9.17) is 5.73 Å². The summed E-state index contributed by atoms with van der Waals surface area (Å²) in [6.07, 6.45) is 1.51. The van der Waals surface area contributed by atoms with Crippen LogP contribution in [0.1, 0.15) is 5.56 Å². The van der Waals surface area contributed by atoms with Crippen LogP contribution in [0, 0.1) is 5.82 Å². The number of rotatable bonds is 2. The van der Waals surface area contributed by atoms with E-state index in [1.807, 2.05) is 0 Å². The Morgan fingerprint density at radius 3 is 2.79 bits per heavy atom. The Bertz CT molecular complexity index is 790. The maximum absolute atomic E-state index is 12.8. The molecule has 0 saturated heterocycles. The van der Waals surface area contributed by atoms with Crippen molar-refractivity contribution < 1.29 is 4.39 Å². The number of nitrogens with one attached hydrogen (secondary N) is 1. The van der Waals surface area contributed by atoms with Gasteiger partial charge in [0, 0.05) is 0 Å². The first-order chi connectivity index (χ1) is 9.13. The van der Waals surface area contributed by atoms with E-state index in [2.05, 4.69) is 15.0 Å². The molecular formula is C12H10FN5O. The largest absolute Gasteiger partial charge is 0.369 e. The van der Waals surface area contributed by atoms with Crippen molar-refractivity contribution in [2.24, 2.45) is 0 Å². The van der Waals surface area contributed by atoms with Gasteiger partial charge in [-0.15, -0.1) is 0 Å². The number of benzene rings is 1. The number of fused-ring (bicyclic) bond motifs is 1. The summed E-state index contributed by atoms with van der Waals surface area (Å²) in [5.41, 5.74) is 6.65. The fraction of sp³-hybridized carbons (Fsp3) is 0.0833. The van der Waals surface area contributed by atoms with Crippen molar-refractivity contribution in [2.45, 2.75) is 6.54 Å². The van der Waals surface area contributed by atoms with E-state index >= 15 is 0 Å². The summed E-state index contributed by atoms with van der Waals surface area (Å²) in [6, 6.07) is 6.08. The lowest BCUT2D eigenvalue weighted by atomic mass is 10.2. The molecule has 7 heteroatoms. The highest BCUT2D eigenvalue weighted by Crippen LogP contribution is 2.10. The van der Waals surface area contributed by atoms with Crippen molar-refractivity contribution in [2.75, 3.05) is 5.73 Å². The molecule has 3 aromatic rings. The van der Waals surface area contributed by atoms with Gasteiger partial charge < -0.3 is 10.3 Å². The molecule has 0 atom stereocenters. The fourth-order valence-electron chi connectivity index (χ4n) is 1.87. The van der Waals surface area contributed by atoms with Crippen LogP contribution in [0.3, 0.4) is 0 Å². The van der Waals surface area contributed by atoms with Crippen molar-refractivity contribution in [3.63, 3.8) is 0 Å². The number of nitrogens with zero attached hydrogens (tertiary/aromatic N) is 3. The summed E-state index contributed by atoms with van der Waals surface area (Å²) in [4.78, 5) is 22.1. The van der Waals surface area contributed by atoms with E-state index in [0.29, 0.717) is 12.2 Å². The summed E-state index contributed by atoms with van der Waals surface area (Å²) < 4.78 is 14.5. The molecule has 0 amide bonds. The molecule has 19 heavy (non-hydrogen) atoms. The molecule has 3 rings (SSSR count). The number of hydrogen-bond acceptors (Lipinski definition) is 4. The molecule has 1 aromatic carbocycles. The monoisotopic (exact) mass is 259 g/mol. The van der Waals surface area contributed by atoms with Gasteiger partial charge in [-0.25, -0.2) is 9.37 Å². The lowest BCUT2D eigenvalue weighted by Crippen LogP contribution is -2.12. The summed E-state index contributed by atoms with van der Waals surface area (Å²) in [6.45, 7) is 0.437. The fourth-order valence-corrected chi connectivity index (χ4v) is 1.87. The lowest BCUT2D eigenvalue weighted by Gasteiger charge is -2.04. The molecule has 0 fully saturated rings. The van der Waals surface area contributed by atoms with Crippen LogP contribution in [0.4, 0.5) is 10.3 Å². The number of aromatic amines is 1. The SMILES string of the molecule is Nc1nc2c(ncn2Cc2ccc(F)cc2)c(=O)[nH]1. The van der Waals surface area contributed by atoms with Gasteiger partial charge in [-0.1, -0.05) is 12.1 Å². The number of nitrogens with two attached hydrogens (primary N) is 1. The first-order valence-corrected chi connectivity index (χ1v) is 5.58. The van der Waals surface area contributed by atoms with Gasteiger partial charge >= 0.3 is 0 Å². The maximum Gasteiger partial charge on any atom is 0.280 e. The number of anilines is 1. The van der Waals surface area contributed by atoms with Gasteiger partial charge in [0.05, 0.1) is 12.9 Å². The van der Waals surface area contributed by atoms with Crippen LogP contribution >= 0.6 is 0 Å². The minimum atomic E-state index is -0.375. The van der Waals surface area contributed by atoms with Gasteiger partial charge in [0.15, 0.2) is 11.2 Å². The molecule has 3 N–H and O–H groups in total. The molecule has 0 aliphatic carbocycles. The van der Waals surface area contributed by atoms with Crippen LogP contribution in [-0.4, -0.2) is 19.5 Å². The number of H-pyrrole nitrogens is 1. The molecule has 0 aliphatic heterocycles. The number of halogens is 1. The van der Waals surface area contributed by atoms with Crippen LogP contribution in [0.2, 0.25) is 0 Å². The van der Waals surface area contributed by atoms with Gasteiger partial charge in [0.2, 0.25) is 5.95 Å². The lowest BCUT2D eigenvalue weighted by molar-refractivity contribution is 0.626. The summed E-state index contributed by atoms with van der Waals surface area (Å²) in [7, 11) is 0. The average Bonchev–Trinajstić information content (AvgIpc) is 2.76. The van der Waals surface area contributed by atoms with E-state index in [9.17, 15) is 9.18 Å². The predicted octanol–water partition coefficient (Wildman–Crippen LogP) is 0.889. The Labute approximate surface area is 106 Å². The maximum atomic E-state index is 12.8. The van der Waals surface area contributed by atoms with Gasteiger partial charge in [-0.3, -0.25) is 9.78 Å². The van der Waals surface area contributed by atoms with Crippen LogP contribution < -0.4 is 11.3 Å². The molecule has 0 spiro atoms. The van der Waals surface area contributed by atoms with E-state index in [1.165, 1.54) is 18.5 Å². The Balaban J connectivity index is 2.06. The minimum Gasteiger partial charge on any atom is -0.369 e. The third-order valence-electron chi connectivity index (χ3n) is 2.76. The predicted molar refractivity (Wildman–Crippen MR) is 68.1 cm³/mol. The molecule has 96 valence electrons. The van der Waals surface area contributed by atoms with E-state index < -0.39 is 0 Å². The number of imidazole rings is 1. The number of nitrogen functional groups attached to an aromatic ring is 1. The molecule has 0 saturated carbocycles. The van der Waals surface area contributed by atoms with E-state index in [1.54, 1.807) is 16.7 Å². The molecule has 0 bridgehead atoms. The Morgan fingerprint density at radius 2 is 2.05 bits per heavy atom. The van der Waals surface area contributed by atoms with Crippen molar-refractivity contribution in [1.82, 2.24) is 19.5 Å². The molecule has 2 heterocycles. The zero-order chi connectivity index (χ0) is 13.4. The summed E-state index contributed by atoms with van der Waals surface area (Å²) in [5, 5.41) is 0. The topological polar surface area (TPSA) is 89.6 Å². The first kappa shape index (κ1) is 11.4. The molecule has 0 unspecified atom stereocenters. The van der Waals surface area contributed by atoms with Crippen molar-refractivity contribution in [3.05, 3.63) is 52.3 Å². The molecule has 0 aliphatic rings. The highest BCUT2D eigenvalue weighted by Gasteiger charge is 2.09. The van der Waals surface area contributed by atoms with Crippen LogP contribution in [-0.2, 0) is 6.54 Å². The van der Waals surface area contributed by atoms with Gasteiger partial charge in [-0.2, -0.15) is 4.98 Å². The molecule has 6 nitrogen and oxygen atoms in total. The first-order valence-electron chi connectivity index (χ1n) is 5.58. The minimum absolute atomic E-state index is 0.0401. The smallest absolute Gasteiger partial charge is 0.280 e. The second kappa shape index (κ2) is 4.20. The van der Waals surface area contributed by atoms with Gasteiger partial charge in [0.25, 0.3) is 5.56 Å². The summed E-state index contributed by atoms with van der Waals surface area (Å²) >= 11 is 0. The van der Waals surface area contributed by atoms with Gasteiger partial charge in [0.1, 0.15) is 5.82 Å². The second-order valence-corrected chi connectivity index (χ2v) is 4.12. The standard InChI is InChI=1S/C12H10FN5O/c13-8-3-1-7(2-4-8)5-18-6-15-9-10(18)16-12(14)17-11(9)19/h1-4,6H,5H2,(H3,14,16,17,19). The molecule has 0 radical (unpaired) electrons. The normalized spacial score (nSPS) is 11.0. The number of aromatic nitrogens is 4. The average molecular weight is 259 g/mol. The van der Waals surface area contributed by atoms with E-state index in [0.717, 1.165) is 5.56 Å². The summed E-state index contributed by atoms with van der Waals surface area (Å²) in [5.74, 6) is -0.253. The highest BCUT2D eigenvalue weighted by atomic mass is 19.1. The Kier molecular flexibility index (Phi) is 2.52. The number of hydrogen-bond donors (Lipinski definition) is 2. The highest BCUT2D eigenvalue weighted by molar-refractivity contribution is 5.70. The van der Waals surface area contributed by atoms with Crippen LogP contribution in [0.25, 0.3) is 11.2 Å². The van der Waals surface area contributed by atoms with Crippen molar-refractivity contribution in [3.8, 4) is 0 Å². The third kappa shape index (κ3) is 2.05. The molecular weight excluding hydrogens is 249 g/mol. The third-order valence-corrected chi connectivity index (χ3v) is 2.76. The van der Waals surface area contributed by atoms with Crippen molar-refractivity contribution in [1.29, 1.82) is 0 Å². The van der Waals surface area contributed by atoms with E-state index in [-0.39, 0.29) is 22.8 Å². The molecule has 2 aromatic heterocycles. The van der Waals surface area contributed by atoms with Crippen LogP contribution in [0.15, 0.2) is 35.4 Å². The zero-order valence-corrected chi connectivity index (χ0v) is 9.80. The van der Waals surface area contributed by atoms with Crippen LogP contribution in [0.5, 0.6) is 0 Å².